The average Bonchev–Trinajstić information content (AvgIpc) is 2.43. The maximum Gasteiger partial charge on any atom is 0.152 e. The van der Waals surface area contributed by atoms with Gasteiger partial charge < -0.3 is 5.32 Å². The van der Waals surface area contributed by atoms with E-state index >= 15 is 0 Å². The van der Waals surface area contributed by atoms with Gasteiger partial charge in [0.05, 0.1) is 4.47 Å². The van der Waals surface area contributed by atoms with E-state index in [4.69, 9.17) is 0 Å². The Hall–Kier alpha value is -1.23. The van der Waals surface area contributed by atoms with E-state index in [1.165, 1.54) is 0 Å². The quantitative estimate of drug-likeness (QED) is 0.793. The molecule has 0 saturated carbocycles. The molecule has 2 aromatic rings. The molecule has 1 aromatic heterocycles. The highest BCUT2D eigenvalue weighted by Crippen LogP contribution is 2.36. The number of rotatable bonds is 4. The molecule has 0 fully saturated rings. The lowest BCUT2D eigenvalue weighted by molar-refractivity contribution is 0.586. The van der Waals surface area contributed by atoms with E-state index in [1.54, 1.807) is 0 Å². The monoisotopic (exact) mass is 342 g/mol. The number of aryl methyl sites for hydroxylation is 1. The van der Waals surface area contributed by atoms with Crippen LogP contribution in [0.5, 0.6) is 0 Å². The van der Waals surface area contributed by atoms with Gasteiger partial charge in [-0.15, -0.1) is 0 Å². The van der Waals surface area contributed by atoms with Crippen LogP contribution in [0.3, 0.4) is 0 Å². The zero-order valence-corrected chi connectivity index (χ0v) is 13.4. The number of aromatic nitrogens is 1. The van der Waals surface area contributed by atoms with Crippen molar-refractivity contribution in [3.05, 3.63) is 33.4 Å². The Morgan fingerprint density at radius 2 is 1.95 bits per heavy atom. The summed E-state index contributed by atoms with van der Waals surface area (Å²) in [4.78, 5) is 4.35. The van der Waals surface area contributed by atoms with E-state index in [-0.39, 0.29) is 9.99 Å². The summed E-state index contributed by atoms with van der Waals surface area (Å²) in [7, 11) is 0. The molecule has 1 heterocycles. The Bertz CT molecular complexity index is 656. The molecule has 0 spiro atoms. The van der Waals surface area contributed by atoms with Crippen molar-refractivity contribution < 1.29 is 8.78 Å². The molecule has 0 saturated heterocycles. The summed E-state index contributed by atoms with van der Waals surface area (Å²) >= 11 is 3.22. The highest BCUT2D eigenvalue weighted by Gasteiger charge is 2.18. The molecule has 0 aliphatic rings. The molecule has 1 aromatic carbocycles. The molecule has 20 heavy (non-hydrogen) atoms. The molecule has 0 amide bonds. The zero-order valence-electron chi connectivity index (χ0n) is 11.8. The summed E-state index contributed by atoms with van der Waals surface area (Å²) in [5, 5.41) is 3.75. The first-order chi connectivity index (χ1) is 9.51. The van der Waals surface area contributed by atoms with Crippen LogP contribution in [0, 0.1) is 18.6 Å². The van der Waals surface area contributed by atoms with Crippen molar-refractivity contribution in [1.29, 1.82) is 0 Å². The minimum absolute atomic E-state index is 0.208. The fourth-order valence-corrected chi connectivity index (χ4v) is 2.79. The third-order valence-electron chi connectivity index (χ3n) is 3.34. The average molecular weight is 343 g/mol. The number of benzene rings is 1. The smallest absolute Gasteiger partial charge is 0.152 e. The molecule has 2 rings (SSSR count). The molecule has 0 unspecified atom stereocenters. The Labute approximate surface area is 125 Å². The molecule has 0 aliphatic carbocycles. The van der Waals surface area contributed by atoms with Crippen LogP contribution in [0.15, 0.2) is 10.5 Å². The van der Waals surface area contributed by atoms with E-state index in [2.05, 4.69) is 26.2 Å². The van der Waals surface area contributed by atoms with Gasteiger partial charge in [0.1, 0.15) is 11.3 Å². The van der Waals surface area contributed by atoms with Crippen molar-refractivity contribution in [3.8, 4) is 0 Å². The molecule has 108 valence electrons. The Balaban J connectivity index is 2.86. The summed E-state index contributed by atoms with van der Waals surface area (Å²) in [5.74, 6) is -1.24. The highest BCUT2D eigenvalue weighted by atomic mass is 79.9. The number of hydrogen-bond donors (Lipinski definition) is 1. The number of pyridine rings is 1. The number of nitrogens with zero attached hydrogens (tertiary/aromatic N) is 1. The fraction of sp³-hybridized carbons (Fsp3) is 0.400. The lowest BCUT2D eigenvalue weighted by Gasteiger charge is -2.17. The van der Waals surface area contributed by atoms with Gasteiger partial charge in [0, 0.05) is 29.4 Å². The molecular formula is C15H17BrF2N2. The molecule has 1 N–H and O–H groups in total. The van der Waals surface area contributed by atoms with Gasteiger partial charge >= 0.3 is 0 Å². The van der Waals surface area contributed by atoms with E-state index in [0.717, 1.165) is 36.0 Å². The third kappa shape index (κ3) is 2.51. The SMILES string of the molecule is CCCNc1c(C)c(CC)nc2c(F)cc(F)c(Br)c12. The number of nitrogens with one attached hydrogen (secondary N) is 1. The predicted octanol–water partition coefficient (Wildman–Crippen LogP) is 4.97. The number of fused-ring (bicyclic) bond motifs is 1. The van der Waals surface area contributed by atoms with Crippen molar-refractivity contribution in [2.75, 3.05) is 11.9 Å². The van der Waals surface area contributed by atoms with Crippen LogP contribution in [-0.4, -0.2) is 11.5 Å². The minimum Gasteiger partial charge on any atom is -0.384 e. The minimum atomic E-state index is -0.630. The Morgan fingerprint density at radius 1 is 1.25 bits per heavy atom. The fourth-order valence-electron chi connectivity index (χ4n) is 2.29. The van der Waals surface area contributed by atoms with Gasteiger partial charge in [-0.3, -0.25) is 0 Å². The van der Waals surface area contributed by atoms with Gasteiger partial charge in [-0.1, -0.05) is 13.8 Å². The van der Waals surface area contributed by atoms with Crippen LogP contribution in [0.1, 0.15) is 31.5 Å². The van der Waals surface area contributed by atoms with Crippen molar-refractivity contribution in [2.24, 2.45) is 0 Å². The van der Waals surface area contributed by atoms with E-state index in [1.807, 2.05) is 20.8 Å². The van der Waals surface area contributed by atoms with E-state index < -0.39 is 11.6 Å². The van der Waals surface area contributed by atoms with Crippen molar-refractivity contribution in [2.45, 2.75) is 33.6 Å². The number of halogens is 3. The Kier molecular flexibility index (Phi) is 4.58. The maximum absolute atomic E-state index is 14.0. The summed E-state index contributed by atoms with van der Waals surface area (Å²) in [6.45, 7) is 6.69. The highest BCUT2D eigenvalue weighted by molar-refractivity contribution is 9.10. The first kappa shape index (κ1) is 15.2. The number of anilines is 1. The third-order valence-corrected chi connectivity index (χ3v) is 4.11. The Morgan fingerprint density at radius 3 is 2.55 bits per heavy atom. The van der Waals surface area contributed by atoms with Gasteiger partial charge in [0.15, 0.2) is 5.82 Å². The summed E-state index contributed by atoms with van der Waals surface area (Å²) < 4.78 is 28.1. The second kappa shape index (κ2) is 6.04. The van der Waals surface area contributed by atoms with Crippen LogP contribution < -0.4 is 5.32 Å². The molecule has 0 atom stereocenters. The lowest BCUT2D eigenvalue weighted by Crippen LogP contribution is -2.07. The van der Waals surface area contributed by atoms with Gasteiger partial charge in [-0.2, -0.15) is 0 Å². The topological polar surface area (TPSA) is 24.9 Å². The summed E-state index contributed by atoms with van der Waals surface area (Å²) in [6.07, 6.45) is 1.64. The molecule has 5 heteroatoms. The maximum atomic E-state index is 14.0. The molecule has 2 nitrogen and oxygen atoms in total. The van der Waals surface area contributed by atoms with Crippen molar-refractivity contribution >= 4 is 32.5 Å². The predicted molar refractivity (Wildman–Crippen MR) is 82.3 cm³/mol. The lowest BCUT2D eigenvalue weighted by atomic mass is 10.0. The summed E-state index contributed by atoms with van der Waals surface area (Å²) in [5.41, 5.74) is 2.74. The van der Waals surface area contributed by atoms with Crippen LogP contribution in [0.2, 0.25) is 0 Å². The van der Waals surface area contributed by atoms with Gasteiger partial charge in [-0.25, -0.2) is 13.8 Å². The first-order valence-corrected chi connectivity index (χ1v) is 7.51. The second-order valence-electron chi connectivity index (χ2n) is 4.72. The molecule has 0 bridgehead atoms. The van der Waals surface area contributed by atoms with Gasteiger partial charge in [-0.05, 0) is 41.3 Å². The van der Waals surface area contributed by atoms with E-state index in [0.29, 0.717) is 11.8 Å². The first-order valence-electron chi connectivity index (χ1n) is 6.71. The van der Waals surface area contributed by atoms with Crippen LogP contribution >= 0.6 is 15.9 Å². The molecule has 0 radical (unpaired) electrons. The van der Waals surface area contributed by atoms with Crippen LogP contribution in [-0.2, 0) is 6.42 Å². The zero-order chi connectivity index (χ0) is 14.9. The van der Waals surface area contributed by atoms with Crippen molar-refractivity contribution in [1.82, 2.24) is 4.98 Å². The normalized spacial score (nSPS) is 11.1. The largest absolute Gasteiger partial charge is 0.384 e. The second-order valence-corrected chi connectivity index (χ2v) is 5.51. The number of hydrogen-bond acceptors (Lipinski definition) is 2. The van der Waals surface area contributed by atoms with Crippen LogP contribution in [0.25, 0.3) is 10.9 Å². The summed E-state index contributed by atoms with van der Waals surface area (Å²) in [6, 6.07) is 0.873. The van der Waals surface area contributed by atoms with Crippen molar-refractivity contribution in [3.63, 3.8) is 0 Å². The standard InChI is InChI=1S/C15H17BrF2N2/c1-4-6-19-14-8(3)11(5-2)20-15-10(18)7-9(17)13(16)12(14)15/h7H,4-6H2,1-3H3,(H,19,20). The van der Waals surface area contributed by atoms with Gasteiger partial charge in [0.25, 0.3) is 0 Å². The molecular weight excluding hydrogens is 326 g/mol. The molecule has 0 aliphatic heterocycles. The van der Waals surface area contributed by atoms with Crippen LogP contribution in [0.4, 0.5) is 14.5 Å². The van der Waals surface area contributed by atoms with E-state index in [9.17, 15) is 8.78 Å². The van der Waals surface area contributed by atoms with Gasteiger partial charge in [0.2, 0.25) is 0 Å².